The summed E-state index contributed by atoms with van der Waals surface area (Å²) >= 11 is 3.39. The molecule has 0 radical (unpaired) electrons. The zero-order valence-electron chi connectivity index (χ0n) is 13.8. The molecule has 0 saturated carbocycles. The molecule has 2 amide bonds. The Kier molecular flexibility index (Phi) is 5.38. The molecule has 0 aromatic heterocycles. The number of nitrogens with zero attached hydrogens (tertiary/aromatic N) is 1. The van der Waals surface area contributed by atoms with Crippen LogP contribution in [0.1, 0.15) is 18.5 Å². The zero-order valence-corrected chi connectivity index (χ0v) is 15.4. The Morgan fingerprint density at radius 3 is 2.56 bits per heavy atom. The van der Waals surface area contributed by atoms with Crippen molar-refractivity contribution < 1.29 is 14.3 Å². The van der Waals surface area contributed by atoms with E-state index in [1.807, 2.05) is 42.5 Å². The molecular formula is C19H19BrN2O3. The van der Waals surface area contributed by atoms with Gasteiger partial charge in [-0.05, 0) is 36.8 Å². The maximum Gasteiger partial charge on any atom is 0.264 e. The summed E-state index contributed by atoms with van der Waals surface area (Å²) in [7, 11) is 0. The van der Waals surface area contributed by atoms with Crippen LogP contribution in [-0.4, -0.2) is 35.9 Å². The molecule has 2 unspecified atom stereocenters. The third-order valence-corrected chi connectivity index (χ3v) is 4.61. The Balaban J connectivity index is 1.80. The van der Waals surface area contributed by atoms with E-state index in [0.717, 1.165) is 10.0 Å². The molecule has 6 heteroatoms. The van der Waals surface area contributed by atoms with Gasteiger partial charge < -0.3 is 15.0 Å². The van der Waals surface area contributed by atoms with Crippen molar-refractivity contribution in [2.75, 3.05) is 13.1 Å². The van der Waals surface area contributed by atoms with Gasteiger partial charge in [0.15, 0.2) is 6.10 Å². The number of amides is 2. The van der Waals surface area contributed by atoms with E-state index in [1.54, 1.807) is 24.0 Å². The summed E-state index contributed by atoms with van der Waals surface area (Å²) in [6.07, 6.45) is -0.675. The molecule has 2 aromatic carbocycles. The molecule has 2 atom stereocenters. The number of rotatable bonds is 4. The van der Waals surface area contributed by atoms with Gasteiger partial charge in [-0.25, -0.2) is 0 Å². The van der Waals surface area contributed by atoms with Crippen LogP contribution >= 0.6 is 15.9 Å². The first-order valence-corrected chi connectivity index (χ1v) is 8.91. The highest BCUT2D eigenvalue weighted by Crippen LogP contribution is 2.26. The van der Waals surface area contributed by atoms with Gasteiger partial charge in [-0.3, -0.25) is 9.59 Å². The lowest BCUT2D eigenvalue weighted by atomic mass is 10.0. The Hall–Kier alpha value is -2.34. The van der Waals surface area contributed by atoms with Crippen molar-refractivity contribution in [3.8, 4) is 5.75 Å². The van der Waals surface area contributed by atoms with Crippen LogP contribution in [0.4, 0.5) is 0 Å². The second-order valence-electron chi connectivity index (χ2n) is 5.85. The Labute approximate surface area is 155 Å². The van der Waals surface area contributed by atoms with E-state index < -0.39 is 12.1 Å². The molecule has 0 spiro atoms. The minimum atomic E-state index is -0.675. The number of halogens is 1. The molecule has 1 aliphatic rings. The van der Waals surface area contributed by atoms with Crippen LogP contribution < -0.4 is 10.1 Å². The maximum atomic E-state index is 12.9. The third-order valence-electron chi connectivity index (χ3n) is 4.08. The lowest BCUT2D eigenvalue weighted by molar-refractivity contribution is -0.148. The van der Waals surface area contributed by atoms with E-state index in [1.165, 1.54) is 0 Å². The highest BCUT2D eigenvalue weighted by atomic mass is 79.9. The Morgan fingerprint density at radius 2 is 1.88 bits per heavy atom. The van der Waals surface area contributed by atoms with Crippen molar-refractivity contribution in [2.45, 2.75) is 19.1 Å². The fraction of sp³-hybridized carbons (Fsp3) is 0.263. The number of ether oxygens (including phenoxy) is 1. The molecule has 0 aliphatic carbocycles. The average molecular weight is 403 g/mol. The minimum absolute atomic E-state index is 0.172. The highest BCUT2D eigenvalue weighted by Gasteiger charge is 2.36. The topological polar surface area (TPSA) is 58.6 Å². The summed E-state index contributed by atoms with van der Waals surface area (Å²) in [6, 6.07) is 16.0. The number of para-hydroxylation sites is 1. The predicted octanol–water partition coefficient (Wildman–Crippen LogP) is 2.92. The quantitative estimate of drug-likeness (QED) is 0.854. The van der Waals surface area contributed by atoms with E-state index in [0.29, 0.717) is 18.8 Å². The van der Waals surface area contributed by atoms with E-state index >= 15 is 0 Å². The van der Waals surface area contributed by atoms with Crippen LogP contribution in [0.15, 0.2) is 59.1 Å². The van der Waals surface area contributed by atoms with Gasteiger partial charge in [0, 0.05) is 17.6 Å². The SMILES string of the molecule is CC(Oc1ccccc1)C(=O)N1CCNC(=O)C1c1ccc(Br)cc1. The summed E-state index contributed by atoms with van der Waals surface area (Å²) in [5.41, 5.74) is 0.778. The number of hydrogen-bond acceptors (Lipinski definition) is 3. The average Bonchev–Trinajstić information content (AvgIpc) is 2.62. The molecular weight excluding hydrogens is 384 g/mol. The minimum Gasteiger partial charge on any atom is -0.481 e. The summed E-state index contributed by atoms with van der Waals surface area (Å²) in [5.74, 6) is 0.255. The van der Waals surface area contributed by atoms with Gasteiger partial charge in [-0.15, -0.1) is 0 Å². The summed E-state index contributed by atoms with van der Waals surface area (Å²) in [4.78, 5) is 26.9. The number of carbonyl (C=O) groups is 2. The molecule has 25 heavy (non-hydrogen) atoms. The van der Waals surface area contributed by atoms with Gasteiger partial charge in [-0.2, -0.15) is 0 Å². The smallest absolute Gasteiger partial charge is 0.264 e. The van der Waals surface area contributed by atoms with Gasteiger partial charge in [0.2, 0.25) is 5.91 Å². The molecule has 1 heterocycles. The molecule has 1 N–H and O–H groups in total. The van der Waals surface area contributed by atoms with Crippen LogP contribution in [0, 0.1) is 0 Å². The Morgan fingerprint density at radius 1 is 1.20 bits per heavy atom. The van der Waals surface area contributed by atoms with Crippen LogP contribution in [-0.2, 0) is 9.59 Å². The number of hydrogen-bond donors (Lipinski definition) is 1. The van der Waals surface area contributed by atoms with E-state index in [2.05, 4.69) is 21.2 Å². The van der Waals surface area contributed by atoms with Crippen molar-refractivity contribution in [3.63, 3.8) is 0 Å². The van der Waals surface area contributed by atoms with Crippen molar-refractivity contribution in [1.82, 2.24) is 10.2 Å². The second kappa shape index (κ2) is 7.70. The first-order chi connectivity index (χ1) is 12.1. The normalized spacial score (nSPS) is 18.4. The molecule has 1 saturated heterocycles. The molecule has 1 fully saturated rings. The first kappa shape index (κ1) is 17.5. The van der Waals surface area contributed by atoms with Crippen LogP contribution in [0.5, 0.6) is 5.75 Å². The third kappa shape index (κ3) is 4.02. The van der Waals surface area contributed by atoms with Crippen molar-refractivity contribution >= 4 is 27.7 Å². The molecule has 3 rings (SSSR count). The fourth-order valence-corrected chi connectivity index (χ4v) is 3.13. The largest absolute Gasteiger partial charge is 0.481 e. The maximum absolute atomic E-state index is 12.9. The lowest BCUT2D eigenvalue weighted by Crippen LogP contribution is -2.54. The fourth-order valence-electron chi connectivity index (χ4n) is 2.87. The van der Waals surface area contributed by atoms with Gasteiger partial charge in [0.05, 0.1) is 0 Å². The molecule has 1 aliphatic heterocycles. The first-order valence-electron chi connectivity index (χ1n) is 8.11. The molecule has 2 aromatic rings. The molecule has 130 valence electrons. The van der Waals surface area contributed by atoms with E-state index in [4.69, 9.17) is 4.74 Å². The standard InChI is InChI=1S/C19H19BrN2O3/c1-13(25-16-5-3-2-4-6-16)19(24)22-12-11-21-18(23)17(22)14-7-9-15(20)10-8-14/h2-10,13,17H,11-12H2,1H3,(H,21,23). The second-order valence-corrected chi connectivity index (χ2v) is 6.77. The van der Waals surface area contributed by atoms with Gasteiger partial charge in [-0.1, -0.05) is 46.3 Å². The Bertz CT molecular complexity index is 749. The van der Waals surface area contributed by atoms with E-state index in [-0.39, 0.29) is 11.8 Å². The summed E-state index contributed by atoms with van der Waals surface area (Å²) in [5, 5.41) is 2.83. The number of nitrogens with one attached hydrogen (secondary N) is 1. The number of piperazine rings is 1. The van der Waals surface area contributed by atoms with E-state index in [9.17, 15) is 9.59 Å². The van der Waals surface area contributed by atoms with Crippen molar-refractivity contribution in [1.29, 1.82) is 0 Å². The highest BCUT2D eigenvalue weighted by molar-refractivity contribution is 9.10. The van der Waals surface area contributed by atoms with Gasteiger partial charge in [0.1, 0.15) is 11.8 Å². The summed E-state index contributed by atoms with van der Waals surface area (Å²) < 4.78 is 6.66. The number of carbonyl (C=O) groups excluding carboxylic acids is 2. The lowest BCUT2D eigenvalue weighted by Gasteiger charge is -2.36. The van der Waals surface area contributed by atoms with Crippen molar-refractivity contribution in [2.24, 2.45) is 0 Å². The van der Waals surface area contributed by atoms with Crippen LogP contribution in [0.2, 0.25) is 0 Å². The van der Waals surface area contributed by atoms with Gasteiger partial charge in [0.25, 0.3) is 5.91 Å². The monoisotopic (exact) mass is 402 g/mol. The van der Waals surface area contributed by atoms with Crippen LogP contribution in [0.3, 0.4) is 0 Å². The molecule has 0 bridgehead atoms. The molecule has 5 nitrogen and oxygen atoms in total. The van der Waals surface area contributed by atoms with Crippen molar-refractivity contribution in [3.05, 3.63) is 64.6 Å². The number of benzene rings is 2. The van der Waals surface area contributed by atoms with Gasteiger partial charge >= 0.3 is 0 Å². The predicted molar refractivity (Wildman–Crippen MR) is 98.1 cm³/mol. The zero-order chi connectivity index (χ0) is 17.8. The van der Waals surface area contributed by atoms with Crippen LogP contribution in [0.25, 0.3) is 0 Å². The summed E-state index contributed by atoms with van der Waals surface area (Å²) in [6.45, 7) is 2.60.